The van der Waals surface area contributed by atoms with Crippen molar-refractivity contribution in [3.05, 3.63) is 0 Å². The highest BCUT2D eigenvalue weighted by Gasteiger charge is 2.36. The van der Waals surface area contributed by atoms with E-state index in [1.54, 1.807) is 0 Å². The molecule has 16 heavy (non-hydrogen) atoms. The zero-order valence-electron chi connectivity index (χ0n) is 11.3. The maximum atomic E-state index is 3.49. The molecule has 0 radical (unpaired) electrons. The van der Waals surface area contributed by atoms with E-state index in [1.807, 2.05) is 0 Å². The minimum Gasteiger partial charge on any atom is -0.316 e. The molecule has 2 rings (SSSR count). The molecule has 2 heterocycles. The van der Waals surface area contributed by atoms with Crippen molar-refractivity contribution in [2.24, 2.45) is 11.3 Å². The van der Waals surface area contributed by atoms with Crippen LogP contribution in [-0.2, 0) is 0 Å². The highest BCUT2D eigenvalue weighted by atomic mass is 15.2. The molecule has 0 bridgehead atoms. The summed E-state index contributed by atoms with van der Waals surface area (Å²) in [4.78, 5) is 5.06. The van der Waals surface area contributed by atoms with E-state index in [2.05, 4.69) is 43.1 Å². The fourth-order valence-corrected chi connectivity index (χ4v) is 3.39. The Hall–Kier alpha value is -0.120. The van der Waals surface area contributed by atoms with Gasteiger partial charge in [-0.1, -0.05) is 13.8 Å². The van der Waals surface area contributed by atoms with Crippen molar-refractivity contribution in [2.45, 2.75) is 26.3 Å². The quantitative estimate of drug-likeness (QED) is 0.769. The number of nitrogens with one attached hydrogen (secondary N) is 1. The number of nitrogens with zero attached hydrogens (tertiary/aromatic N) is 2. The van der Waals surface area contributed by atoms with Gasteiger partial charge in [0.25, 0.3) is 0 Å². The van der Waals surface area contributed by atoms with Crippen LogP contribution in [0.5, 0.6) is 0 Å². The van der Waals surface area contributed by atoms with E-state index in [1.165, 1.54) is 39.1 Å². The Morgan fingerprint density at radius 2 is 2.12 bits per heavy atom. The number of likely N-dealkylation sites (N-methyl/N-ethyl adjacent to an activating group) is 1. The zero-order valence-corrected chi connectivity index (χ0v) is 11.3. The molecule has 0 spiro atoms. The molecule has 2 aliphatic rings. The zero-order chi connectivity index (χ0) is 11.8. The molecule has 0 aromatic rings. The molecule has 3 unspecified atom stereocenters. The molecule has 2 saturated heterocycles. The third-order valence-electron chi connectivity index (χ3n) is 4.37. The molecule has 2 aliphatic heterocycles. The lowest BCUT2D eigenvalue weighted by atomic mass is 9.89. The van der Waals surface area contributed by atoms with Crippen LogP contribution in [0.3, 0.4) is 0 Å². The first-order valence-corrected chi connectivity index (χ1v) is 6.60. The van der Waals surface area contributed by atoms with Crippen molar-refractivity contribution in [2.75, 3.05) is 46.8 Å². The van der Waals surface area contributed by atoms with Crippen molar-refractivity contribution >= 4 is 0 Å². The molecule has 3 nitrogen and oxygen atoms in total. The summed E-state index contributed by atoms with van der Waals surface area (Å²) in [6, 6.07) is 0.748. The lowest BCUT2D eigenvalue weighted by Gasteiger charge is -2.29. The number of hydrogen-bond acceptors (Lipinski definition) is 3. The Labute approximate surface area is 100 Å². The molecule has 2 fully saturated rings. The molecule has 0 aliphatic carbocycles. The van der Waals surface area contributed by atoms with E-state index in [0.29, 0.717) is 5.41 Å². The van der Waals surface area contributed by atoms with Crippen molar-refractivity contribution in [1.29, 1.82) is 0 Å². The Bertz CT molecular complexity index is 233. The van der Waals surface area contributed by atoms with Crippen molar-refractivity contribution < 1.29 is 0 Å². The lowest BCUT2D eigenvalue weighted by Crippen LogP contribution is -2.38. The van der Waals surface area contributed by atoms with E-state index in [-0.39, 0.29) is 0 Å². The molecule has 1 N–H and O–H groups in total. The maximum absolute atomic E-state index is 3.49. The predicted molar refractivity (Wildman–Crippen MR) is 68.7 cm³/mol. The highest BCUT2D eigenvalue weighted by Crippen LogP contribution is 2.29. The van der Waals surface area contributed by atoms with E-state index >= 15 is 0 Å². The molecule has 0 amide bonds. The van der Waals surface area contributed by atoms with Gasteiger partial charge in [-0.05, 0) is 38.4 Å². The third-order valence-corrected chi connectivity index (χ3v) is 4.37. The molecule has 3 atom stereocenters. The summed E-state index contributed by atoms with van der Waals surface area (Å²) in [5.41, 5.74) is 0.515. The predicted octanol–water partition coefficient (Wildman–Crippen LogP) is 0.868. The molecule has 0 aromatic heterocycles. The summed E-state index contributed by atoms with van der Waals surface area (Å²) in [7, 11) is 4.42. The normalized spacial score (nSPS) is 41.1. The summed E-state index contributed by atoms with van der Waals surface area (Å²) in [6.07, 6.45) is 1.34. The fourth-order valence-electron chi connectivity index (χ4n) is 3.39. The van der Waals surface area contributed by atoms with Crippen LogP contribution < -0.4 is 5.32 Å². The fraction of sp³-hybridized carbons (Fsp3) is 1.00. The van der Waals surface area contributed by atoms with E-state index in [0.717, 1.165) is 12.0 Å². The topological polar surface area (TPSA) is 18.5 Å². The van der Waals surface area contributed by atoms with Gasteiger partial charge in [-0.2, -0.15) is 0 Å². The van der Waals surface area contributed by atoms with Crippen LogP contribution in [0, 0.1) is 11.3 Å². The Morgan fingerprint density at radius 3 is 2.62 bits per heavy atom. The number of hydrogen-bond donors (Lipinski definition) is 1. The molecule has 0 aromatic carbocycles. The molecule has 3 heteroatoms. The SMILES string of the molecule is CC1CN(CC2(C)CCNC2)CC1N(C)C. The van der Waals surface area contributed by atoms with Gasteiger partial charge < -0.3 is 15.1 Å². The second-order valence-corrected chi connectivity index (χ2v) is 6.44. The van der Waals surface area contributed by atoms with Gasteiger partial charge in [0.1, 0.15) is 0 Å². The van der Waals surface area contributed by atoms with Crippen molar-refractivity contribution in [1.82, 2.24) is 15.1 Å². The van der Waals surface area contributed by atoms with Gasteiger partial charge in [-0.3, -0.25) is 0 Å². The van der Waals surface area contributed by atoms with Crippen molar-refractivity contribution in [3.63, 3.8) is 0 Å². The summed E-state index contributed by atoms with van der Waals surface area (Å²) in [6.45, 7) is 11.0. The Kier molecular flexibility index (Phi) is 3.57. The van der Waals surface area contributed by atoms with Crippen LogP contribution in [0.1, 0.15) is 20.3 Å². The van der Waals surface area contributed by atoms with Crippen LogP contribution in [0.4, 0.5) is 0 Å². The maximum Gasteiger partial charge on any atom is 0.0254 e. The average Bonchev–Trinajstić information content (AvgIpc) is 2.73. The molecule has 0 saturated carbocycles. The van der Waals surface area contributed by atoms with Gasteiger partial charge in [-0.25, -0.2) is 0 Å². The molecular formula is C13H27N3. The highest BCUT2D eigenvalue weighted by molar-refractivity contribution is 4.92. The minimum atomic E-state index is 0.515. The van der Waals surface area contributed by atoms with Crippen LogP contribution in [0.15, 0.2) is 0 Å². The lowest BCUT2D eigenvalue weighted by molar-refractivity contribution is 0.194. The second-order valence-electron chi connectivity index (χ2n) is 6.44. The van der Waals surface area contributed by atoms with E-state index in [4.69, 9.17) is 0 Å². The van der Waals surface area contributed by atoms with Crippen LogP contribution in [0.25, 0.3) is 0 Å². The smallest absolute Gasteiger partial charge is 0.0254 e. The summed E-state index contributed by atoms with van der Waals surface area (Å²) >= 11 is 0. The first-order chi connectivity index (χ1) is 7.50. The standard InChI is InChI=1S/C13H27N3/c1-11-7-16(8-12(11)15(3)4)10-13(2)5-6-14-9-13/h11-12,14H,5-10H2,1-4H3. The largest absolute Gasteiger partial charge is 0.316 e. The molecule has 94 valence electrons. The Morgan fingerprint density at radius 1 is 1.38 bits per heavy atom. The van der Waals surface area contributed by atoms with Gasteiger partial charge in [0.15, 0.2) is 0 Å². The van der Waals surface area contributed by atoms with Gasteiger partial charge in [0.2, 0.25) is 0 Å². The van der Waals surface area contributed by atoms with Gasteiger partial charge in [-0.15, -0.1) is 0 Å². The van der Waals surface area contributed by atoms with Crippen LogP contribution in [-0.4, -0.2) is 62.7 Å². The summed E-state index contributed by atoms with van der Waals surface area (Å²) in [5.74, 6) is 0.813. The average molecular weight is 225 g/mol. The first kappa shape index (κ1) is 12.3. The first-order valence-electron chi connectivity index (χ1n) is 6.60. The Balaban J connectivity index is 1.88. The van der Waals surface area contributed by atoms with E-state index < -0.39 is 0 Å². The number of rotatable bonds is 3. The van der Waals surface area contributed by atoms with E-state index in [9.17, 15) is 0 Å². The van der Waals surface area contributed by atoms with Gasteiger partial charge in [0, 0.05) is 32.2 Å². The summed E-state index contributed by atoms with van der Waals surface area (Å²) < 4.78 is 0. The second kappa shape index (κ2) is 4.63. The monoisotopic (exact) mass is 225 g/mol. The van der Waals surface area contributed by atoms with Crippen LogP contribution in [0.2, 0.25) is 0 Å². The minimum absolute atomic E-state index is 0.515. The van der Waals surface area contributed by atoms with Crippen LogP contribution >= 0.6 is 0 Å². The summed E-state index contributed by atoms with van der Waals surface area (Å²) in [5, 5.41) is 3.49. The van der Waals surface area contributed by atoms with Gasteiger partial charge >= 0.3 is 0 Å². The van der Waals surface area contributed by atoms with Gasteiger partial charge in [0.05, 0.1) is 0 Å². The third kappa shape index (κ3) is 2.58. The molecular weight excluding hydrogens is 198 g/mol. The van der Waals surface area contributed by atoms with Crippen molar-refractivity contribution in [3.8, 4) is 0 Å². The number of likely N-dealkylation sites (tertiary alicyclic amines) is 1.